The van der Waals surface area contributed by atoms with E-state index >= 15 is 0 Å². The molecule has 0 aromatic heterocycles. The summed E-state index contributed by atoms with van der Waals surface area (Å²) in [7, 11) is 0. The van der Waals surface area contributed by atoms with E-state index in [-0.39, 0.29) is 17.9 Å². The first-order valence-electron chi connectivity index (χ1n) is 12.7. The molecule has 2 aliphatic rings. The maximum atomic E-state index is 13.5. The molecule has 0 unspecified atom stereocenters. The molecular formula is C28H36N2O4. The molecule has 1 aliphatic heterocycles. The predicted molar refractivity (Wildman–Crippen MR) is 132 cm³/mol. The van der Waals surface area contributed by atoms with Crippen molar-refractivity contribution in [2.24, 2.45) is 0 Å². The van der Waals surface area contributed by atoms with E-state index in [9.17, 15) is 9.59 Å². The number of fused-ring (bicyclic) bond motifs is 1. The number of hydrogen-bond donors (Lipinski definition) is 1. The number of hydrogen-bond acceptors (Lipinski definition) is 4. The van der Waals surface area contributed by atoms with Crippen LogP contribution in [-0.4, -0.2) is 48.6 Å². The number of benzene rings is 2. The van der Waals surface area contributed by atoms with Crippen LogP contribution in [0.1, 0.15) is 56.6 Å². The normalized spacial score (nSPS) is 16.1. The largest absolute Gasteiger partial charge is 0.486 e. The Morgan fingerprint density at radius 1 is 0.971 bits per heavy atom. The number of rotatable bonds is 10. The van der Waals surface area contributed by atoms with Crippen molar-refractivity contribution in [2.75, 3.05) is 19.8 Å². The molecule has 1 fully saturated rings. The van der Waals surface area contributed by atoms with Gasteiger partial charge in [0.1, 0.15) is 19.3 Å². The average Bonchev–Trinajstić information content (AvgIpc) is 3.38. The minimum atomic E-state index is -0.447. The van der Waals surface area contributed by atoms with Gasteiger partial charge in [0, 0.05) is 19.0 Å². The predicted octanol–water partition coefficient (Wildman–Crippen LogP) is 4.30. The summed E-state index contributed by atoms with van der Waals surface area (Å²) in [6.07, 6.45) is 6.66. The van der Waals surface area contributed by atoms with E-state index in [1.165, 1.54) is 0 Å². The monoisotopic (exact) mass is 464 g/mol. The summed E-state index contributed by atoms with van der Waals surface area (Å²) in [6.45, 7) is 3.61. The second-order valence-electron chi connectivity index (χ2n) is 9.21. The fourth-order valence-electron chi connectivity index (χ4n) is 4.90. The van der Waals surface area contributed by atoms with Crippen molar-refractivity contribution in [2.45, 2.75) is 70.4 Å². The molecule has 1 saturated carbocycles. The van der Waals surface area contributed by atoms with Crippen LogP contribution >= 0.6 is 0 Å². The Labute approximate surface area is 202 Å². The lowest BCUT2D eigenvalue weighted by Gasteiger charge is -2.31. The molecule has 6 nitrogen and oxygen atoms in total. The summed E-state index contributed by atoms with van der Waals surface area (Å²) in [5, 5.41) is 3.21. The fourth-order valence-corrected chi connectivity index (χ4v) is 4.90. The lowest BCUT2D eigenvalue weighted by atomic mass is 10.0. The molecule has 1 N–H and O–H groups in total. The summed E-state index contributed by atoms with van der Waals surface area (Å²) >= 11 is 0. The van der Waals surface area contributed by atoms with E-state index in [1.807, 2.05) is 43.3 Å². The maximum absolute atomic E-state index is 13.5. The van der Waals surface area contributed by atoms with Gasteiger partial charge in [0.15, 0.2) is 11.5 Å². The topological polar surface area (TPSA) is 67.9 Å². The summed E-state index contributed by atoms with van der Waals surface area (Å²) < 4.78 is 11.3. The molecule has 0 spiro atoms. The molecule has 0 saturated heterocycles. The van der Waals surface area contributed by atoms with Crippen molar-refractivity contribution in [1.29, 1.82) is 0 Å². The number of amides is 2. The number of carbonyl (C=O) groups is 2. The molecule has 34 heavy (non-hydrogen) atoms. The van der Waals surface area contributed by atoms with E-state index in [0.29, 0.717) is 39.0 Å². The Balaban J connectivity index is 1.43. The molecule has 2 aromatic rings. The highest BCUT2D eigenvalue weighted by Gasteiger charge is 2.30. The van der Waals surface area contributed by atoms with Crippen molar-refractivity contribution in [3.63, 3.8) is 0 Å². The van der Waals surface area contributed by atoms with Crippen molar-refractivity contribution in [1.82, 2.24) is 10.2 Å². The van der Waals surface area contributed by atoms with Crippen LogP contribution in [0.2, 0.25) is 0 Å². The molecule has 2 amide bonds. The third kappa shape index (κ3) is 6.31. The Morgan fingerprint density at radius 3 is 2.44 bits per heavy atom. The zero-order valence-electron chi connectivity index (χ0n) is 20.1. The highest BCUT2D eigenvalue weighted by molar-refractivity contribution is 5.88. The number of aryl methyl sites for hydroxylation is 1. The van der Waals surface area contributed by atoms with Crippen molar-refractivity contribution < 1.29 is 19.1 Å². The van der Waals surface area contributed by atoms with E-state index in [4.69, 9.17) is 9.47 Å². The van der Waals surface area contributed by atoms with Gasteiger partial charge in [-0.1, -0.05) is 56.2 Å². The summed E-state index contributed by atoms with van der Waals surface area (Å²) in [5.41, 5.74) is 2.20. The number of ether oxygens (including phenoxy) is 2. The summed E-state index contributed by atoms with van der Waals surface area (Å²) in [4.78, 5) is 28.4. The van der Waals surface area contributed by atoms with Crippen LogP contribution < -0.4 is 14.8 Å². The maximum Gasteiger partial charge on any atom is 0.243 e. The number of nitrogens with zero attached hydrogens (tertiary/aromatic N) is 1. The fraction of sp³-hybridized carbons (Fsp3) is 0.500. The second-order valence-corrected chi connectivity index (χ2v) is 9.21. The van der Waals surface area contributed by atoms with Crippen LogP contribution in [0.25, 0.3) is 0 Å². The van der Waals surface area contributed by atoms with E-state index in [1.54, 1.807) is 4.90 Å². The SMILES string of the molecule is CC[C@H](C(=O)NC1CCCC1)N(CCc1ccccc1)C(=O)CCc1ccc2c(c1)OCCO2. The Bertz CT molecular complexity index is 956. The highest BCUT2D eigenvalue weighted by atomic mass is 16.6. The van der Waals surface area contributed by atoms with Gasteiger partial charge in [-0.15, -0.1) is 0 Å². The zero-order chi connectivity index (χ0) is 23.8. The van der Waals surface area contributed by atoms with Crippen LogP contribution in [0.4, 0.5) is 0 Å². The molecule has 0 bridgehead atoms. The molecule has 0 radical (unpaired) electrons. The standard InChI is InChI=1S/C28H36N2O4/c1-2-24(28(32)29-23-10-6-7-11-23)30(17-16-21-8-4-3-5-9-21)27(31)15-13-22-12-14-25-26(20-22)34-19-18-33-25/h3-5,8-9,12,14,20,23-24H,2,6-7,10-11,13,15-19H2,1H3,(H,29,32)/t24-/m1/s1. The van der Waals surface area contributed by atoms with Gasteiger partial charge >= 0.3 is 0 Å². The van der Waals surface area contributed by atoms with Crippen molar-refractivity contribution >= 4 is 11.8 Å². The van der Waals surface area contributed by atoms with Crippen LogP contribution in [0.5, 0.6) is 11.5 Å². The number of nitrogens with one attached hydrogen (secondary N) is 1. The first-order valence-corrected chi connectivity index (χ1v) is 12.7. The molecule has 6 heteroatoms. The van der Waals surface area contributed by atoms with Crippen LogP contribution in [0, 0.1) is 0 Å². The molecule has 1 heterocycles. The Morgan fingerprint density at radius 2 is 1.71 bits per heavy atom. The lowest BCUT2D eigenvalue weighted by Crippen LogP contribution is -2.51. The van der Waals surface area contributed by atoms with Crippen molar-refractivity contribution in [3.8, 4) is 11.5 Å². The summed E-state index contributed by atoms with van der Waals surface area (Å²) in [6, 6.07) is 15.8. The van der Waals surface area contributed by atoms with Gasteiger partial charge in [0.2, 0.25) is 11.8 Å². The third-order valence-electron chi connectivity index (χ3n) is 6.81. The van der Waals surface area contributed by atoms with E-state index < -0.39 is 6.04 Å². The summed E-state index contributed by atoms with van der Waals surface area (Å²) in [5.74, 6) is 1.48. The molecule has 1 aliphatic carbocycles. The first kappa shape index (κ1) is 24.1. The van der Waals surface area contributed by atoms with Gasteiger partial charge in [0.25, 0.3) is 0 Å². The zero-order valence-corrected chi connectivity index (χ0v) is 20.1. The average molecular weight is 465 g/mol. The van der Waals surface area contributed by atoms with Gasteiger partial charge in [0.05, 0.1) is 0 Å². The van der Waals surface area contributed by atoms with E-state index in [0.717, 1.165) is 54.7 Å². The molecule has 4 rings (SSSR count). The van der Waals surface area contributed by atoms with Crippen LogP contribution in [0.15, 0.2) is 48.5 Å². The minimum Gasteiger partial charge on any atom is -0.486 e. The van der Waals surface area contributed by atoms with Gasteiger partial charge in [-0.2, -0.15) is 0 Å². The third-order valence-corrected chi connectivity index (χ3v) is 6.81. The van der Waals surface area contributed by atoms with Gasteiger partial charge in [-0.05, 0) is 55.4 Å². The Kier molecular flexibility index (Phi) is 8.45. The smallest absolute Gasteiger partial charge is 0.243 e. The molecule has 182 valence electrons. The number of carbonyl (C=O) groups excluding carboxylic acids is 2. The van der Waals surface area contributed by atoms with Crippen LogP contribution in [0.3, 0.4) is 0 Å². The second kappa shape index (κ2) is 11.9. The minimum absolute atomic E-state index is 0.0132. The van der Waals surface area contributed by atoms with Gasteiger partial charge < -0.3 is 19.7 Å². The molecule has 1 atom stereocenters. The highest BCUT2D eigenvalue weighted by Crippen LogP contribution is 2.31. The van der Waals surface area contributed by atoms with Gasteiger partial charge in [-0.3, -0.25) is 9.59 Å². The van der Waals surface area contributed by atoms with E-state index in [2.05, 4.69) is 17.4 Å². The lowest BCUT2D eigenvalue weighted by molar-refractivity contribution is -0.141. The van der Waals surface area contributed by atoms with Crippen molar-refractivity contribution in [3.05, 3.63) is 59.7 Å². The van der Waals surface area contributed by atoms with Crippen LogP contribution in [-0.2, 0) is 22.4 Å². The Hall–Kier alpha value is -3.02. The molecular weight excluding hydrogens is 428 g/mol. The first-order chi connectivity index (χ1) is 16.6. The quantitative estimate of drug-likeness (QED) is 0.569. The molecule has 2 aromatic carbocycles. The van der Waals surface area contributed by atoms with Gasteiger partial charge in [-0.25, -0.2) is 0 Å².